The first-order chi connectivity index (χ1) is 6.39. The van der Waals surface area contributed by atoms with E-state index in [1.807, 2.05) is 0 Å². The van der Waals surface area contributed by atoms with Crippen LogP contribution in [0.2, 0.25) is 0 Å². The molecule has 2 rings (SSSR count). The molecule has 0 amide bonds. The normalized spacial score (nSPS) is 25.9. The number of hydrogen-bond acceptors (Lipinski definition) is 0. The van der Waals surface area contributed by atoms with E-state index in [9.17, 15) is 0 Å². The Hall–Kier alpha value is 1.67. The molecule has 76 valence electrons. The van der Waals surface area contributed by atoms with Crippen molar-refractivity contribution in [1.82, 2.24) is 0 Å². The van der Waals surface area contributed by atoms with E-state index in [1.54, 1.807) is 0 Å². The molecule has 6 heteroatoms. The van der Waals surface area contributed by atoms with Crippen molar-refractivity contribution in [3.8, 4) is 0 Å². The van der Waals surface area contributed by atoms with Crippen molar-refractivity contribution in [2.24, 2.45) is 0 Å². The average molecular weight is 412 g/mol. The molecule has 14 heavy (non-hydrogen) atoms. The van der Waals surface area contributed by atoms with Crippen LogP contribution in [0.4, 0.5) is 0 Å². The first kappa shape index (κ1) is 12.1. The van der Waals surface area contributed by atoms with Crippen molar-refractivity contribution in [1.29, 1.82) is 0 Å². The molecule has 1 unspecified atom stereocenters. The second-order valence-electron chi connectivity index (χ2n) is 3.06. The Morgan fingerprint density at radius 1 is 1.29 bits per heavy atom. The number of halogens is 4. The van der Waals surface area contributed by atoms with Gasteiger partial charge in [-0.05, 0) is 0 Å². The SMILES string of the molecule is CC1=CC2=C(Br)C=[S]([Zr]([Cl])([Cl])[Cl])C2=C1. The topological polar surface area (TPSA) is 0 Å². The Morgan fingerprint density at radius 2 is 1.93 bits per heavy atom. The molecule has 1 atom stereocenters. The summed E-state index contributed by atoms with van der Waals surface area (Å²) < 4.78 is 1.08. The van der Waals surface area contributed by atoms with Crippen LogP contribution in [-0.2, 0) is 15.2 Å². The second-order valence-corrected chi connectivity index (χ2v) is 31.8. The molecule has 0 nitrogen and oxygen atoms in total. The summed E-state index contributed by atoms with van der Waals surface area (Å²) in [5.41, 5.74) is 2.44. The van der Waals surface area contributed by atoms with Crippen LogP contribution in [0.3, 0.4) is 0 Å². The van der Waals surface area contributed by atoms with E-state index in [0.29, 0.717) is 0 Å². The van der Waals surface area contributed by atoms with Gasteiger partial charge in [-0.15, -0.1) is 0 Å². The van der Waals surface area contributed by atoms with Crippen molar-refractivity contribution in [2.45, 2.75) is 6.92 Å². The molecule has 0 aromatic heterocycles. The maximum atomic E-state index is 6.13. The van der Waals surface area contributed by atoms with E-state index in [2.05, 4.69) is 40.4 Å². The van der Waals surface area contributed by atoms with Crippen molar-refractivity contribution < 1.29 is 15.2 Å². The van der Waals surface area contributed by atoms with Crippen LogP contribution >= 0.6 is 48.7 Å². The van der Waals surface area contributed by atoms with Gasteiger partial charge in [-0.1, -0.05) is 0 Å². The summed E-state index contributed by atoms with van der Waals surface area (Å²) in [5.74, 6) is 0. The quantitative estimate of drug-likeness (QED) is 0.527. The Labute approximate surface area is 107 Å². The second kappa shape index (κ2) is 4.16. The van der Waals surface area contributed by atoms with E-state index in [1.165, 1.54) is 16.1 Å². The van der Waals surface area contributed by atoms with Crippen LogP contribution in [-0.4, -0.2) is 5.37 Å². The van der Waals surface area contributed by atoms with Crippen LogP contribution in [0, 0.1) is 0 Å². The third kappa shape index (κ3) is 2.19. The number of hydrogen-bond donors (Lipinski definition) is 0. The van der Waals surface area contributed by atoms with Crippen molar-refractivity contribution >= 4 is 54.1 Å². The molecule has 0 saturated carbocycles. The monoisotopic (exact) mass is 408 g/mol. The van der Waals surface area contributed by atoms with E-state index >= 15 is 0 Å². The van der Waals surface area contributed by atoms with Gasteiger partial charge in [-0.3, -0.25) is 0 Å². The molecule has 0 aromatic carbocycles. The zero-order chi connectivity index (χ0) is 10.5. The summed E-state index contributed by atoms with van der Waals surface area (Å²) in [4.78, 5) is 1.21. The predicted octanol–water partition coefficient (Wildman–Crippen LogP) is 5.09. The van der Waals surface area contributed by atoms with Gasteiger partial charge in [0, 0.05) is 0 Å². The molecule has 1 heterocycles. The first-order valence-electron chi connectivity index (χ1n) is 3.84. The molecule has 1 aliphatic heterocycles. The molecular weight excluding hydrogens is 406 g/mol. The molecule has 0 aromatic rings. The third-order valence-corrected chi connectivity index (χ3v) is 19.7. The Kier molecular flexibility index (Phi) is 3.61. The summed E-state index contributed by atoms with van der Waals surface area (Å²) in [7, 11) is 18.2. The average Bonchev–Trinajstić information content (AvgIpc) is 2.49. The molecule has 0 bridgehead atoms. The fourth-order valence-corrected chi connectivity index (χ4v) is 17.0. The van der Waals surface area contributed by atoms with E-state index in [0.717, 1.165) is 4.48 Å². The van der Waals surface area contributed by atoms with Crippen LogP contribution in [0.15, 0.2) is 32.7 Å². The van der Waals surface area contributed by atoms with Crippen LogP contribution in [0.1, 0.15) is 6.92 Å². The van der Waals surface area contributed by atoms with Gasteiger partial charge in [0.1, 0.15) is 0 Å². The molecule has 2 aliphatic rings. The maximum absolute atomic E-state index is 6.13. The molecular formula is C8H6BrCl3SZr. The Morgan fingerprint density at radius 3 is 2.50 bits per heavy atom. The van der Waals surface area contributed by atoms with Crippen LogP contribution in [0.25, 0.3) is 0 Å². The van der Waals surface area contributed by atoms with Gasteiger partial charge in [-0.2, -0.15) is 0 Å². The summed E-state index contributed by atoms with van der Waals surface area (Å²) in [6.45, 7) is 2.06. The Bertz CT molecular complexity index is 428. The van der Waals surface area contributed by atoms with Crippen molar-refractivity contribution in [2.75, 3.05) is 0 Å². The van der Waals surface area contributed by atoms with Crippen molar-refractivity contribution in [3.05, 3.63) is 32.7 Å². The zero-order valence-corrected chi connectivity index (χ0v) is 14.3. The van der Waals surface area contributed by atoms with Gasteiger partial charge in [0.2, 0.25) is 0 Å². The van der Waals surface area contributed by atoms with Gasteiger partial charge >= 0.3 is 109 Å². The van der Waals surface area contributed by atoms with E-state index in [-0.39, 0.29) is 7.24 Å². The summed E-state index contributed by atoms with van der Waals surface area (Å²) in [6.07, 6.45) is 4.26. The number of rotatable bonds is 1. The predicted molar refractivity (Wildman–Crippen MR) is 69.0 cm³/mol. The van der Waals surface area contributed by atoms with Crippen molar-refractivity contribution in [3.63, 3.8) is 0 Å². The summed E-state index contributed by atoms with van der Waals surface area (Å²) in [6, 6.07) is 0. The summed E-state index contributed by atoms with van der Waals surface area (Å²) >= 11 is 0.116. The van der Waals surface area contributed by atoms with Gasteiger partial charge in [0.05, 0.1) is 0 Å². The standard InChI is InChI=1S/C8H6BrS.3ClH.Zr/c1-5-2-6-7(9)4-10-8(6)3-5;;;;/h2-4H,1H3;3*1H;/q+1;;;;+2/p-3. The Balaban J connectivity index is 2.48. The molecule has 0 spiro atoms. The van der Waals surface area contributed by atoms with Gasteiger partial charge in [-0.25, -0.2) is 0 Å². The minimum absolute atomic E-state index is 0.231. The van der Waals surface area contributed by atoms with E-state index in [4.69, 9.17) is 25.5 Å². The minimum atomic E-state index is -3.39. The molecule has 0 radical (unpaired) electrons. The van der Waals surface area contributed by atoms with E-state index < -0.39 is 15.2 Å². The van der Waals surface area contributed by atoms with Crippen LogP contribution in [0.5, 0.6) is 0 Å². The first-order valence-corrected chi connectivity index (χ1v) is 18.4. The number of fused-ring (bicyclic) bond motifs is 1. The molecule has 0 N–H and O–H groups in total. The number of allylic oxidation sites excluding steroid dienone is 5. The fourth-order valence-electron chi connectivity index (χ4n) is 1.42. The van der Waals surface area contributed by atoms with Crippen LogP contribution < -0.4 is 0 Å². The fraction of sp³-hybridized carbons (Fsp3) is 0.125. The van der Waals surface area contributed by atoms with Gasteiger partial charge in [0.15, 0.2) is 0 Å². The molecule has 1 aliphatic carbocycles. The van der Waals surface area contributed by atoms with Gasteiger partial charge < -0.3 is 0 Å². The molecule has 0 fully saturated rings. The third-order valence-electron chi connectivity index (χ3n) is 1.96. The zero-order valence-electron chi connectivity index (χ0n) is 7.15. The molecule has 0 saturated heterocycles. The summed E-state index contributed by atoms with van der Waals surface area (Å²) in [5, 5.41) is 2.06. The van der Waals surface area contributed by atoms with Gasteiger partial charge in [0.25, 0.3) is 0 Å².